The summed E-state index contributed by atoms with van der Waals surface area (Å²) >= 11 is 5.89. The number of likely N-dealkylation sites (tertiary alicyclic amines) is 1. The molecule has 1 aliphatic rings. The molecule has 7 heteroatoms. The highest BCUT2D eigenvalue weighted by Crippen LogP contribution is 2.19. The van der Waals surface area contributed by atoms with Crippen LogP contribution in [0.3, 0.4) is 0 Å². The number of amides is 2. The summed E-state index contributed by atoms with van der Waals surface area (Å²) in [6.07, 6.45) is 2.03. The zero-order valence-electron chi connectivity index (χ0n) is 16.3. The van der Waals surface area contributed by atoms with Gasteiger partial charge < -0.3 is 15.8 Å². The molecule has 1 heterocycles. The highest BCUT2D eigenvalue weighted by atomic mass is 35.5. The Morgan fingerprint density at radius 2 is 1.72 bits per heavy atom. The quantitative estimate of drug-likeness (QED) is 0.692. The molecule has 154 valence electrons. The van der Waals surface area contributed by atoms with Crippen molar-refractivity contribution >= 4 is 29.1 Å². The first-order valence-electron chi connectivity index (χ1n) is 9.74. The molecule has 0 unspecified atom stereocenters. The number of piperidine rings is 1. The molecule has 0 bridgehead atoms. The summed E-state index contributed by atoms with van der Waals surface area (Å²) in [5.74, 6) is -0.0277. The molecule has 1 fully saturated rings. The van der Waals surface area contributed by atoms with Gasteiger partial charge in [-0.3, -0.25) is 14.5 Å². The molecule has 0 atom stereocenters. The van der Waals surface area contributed by atoms with Gasteiger partial charge in [-0.25, -0.2) is 0 Å². The van der Waals surface area contributed by atoms with Crippen molar-refractivity contribution < 1.29 is 14.3 Å². The number of hydrogen-bond donors (Lipinski definition) is 2. The number of rotatable bonds is 8. The van der Waals surface area contributed by atoms with Crippen molar-refractivity contribution in [2.75, 3.05) is 31.6 Å². The van der Waals surface area contributed by atoms with Gasteiger partial charge in [0.2, 0.25) is 11.8 Å². The standard InChI is InChI=1S/C22H26ClN3O3/c23-19-5-1-16(2-6-19)14-29-15-17-9-11-26(12-10-17)13-21(27)25-20-7-3-18(4-8-20)22(24)28/h1-8,17H,9-15H2,(H2,24,28)(H,25,27). The van der Waals surface area contributed by atoms with Gasteiger partial charge in [-0.05, 0) is 73.8 Å². The minimum absolute atomic E-state index is 0.0609. The van der Waals surface area contributed by atoms with Crippen molar-refractivity contribution in [1.29, 1.82) is 0 Å². The lowest BCUT2D eigenvalue weighted by Gasteiger charge is -2.31. The maximum atomic E-state index is 12.3. The fraction of sp³-hybridized carbons (Fsp3) is 0.364. The van der Waals surface area contributed by atoms with Crippen LogP contribution in [0.15, 0.2) is 48.5 Å². The summed E-state index contributed by atoms with van der Waals surface area (Å²) in [7, 11) is 0. The third-order valence-electron chi connectivity index (χ3n) is 5.06. The summed E-state index contributed by atoms with van der Waals surface area (Å²) < 4.78 is 5.85. The number of halogens is 1. The Labute approximate surface area is 176 Å². The van der Waals surface area contributed by atoms with Gasteiger partial charge in [0.05, 0.1) is 13.2 Å². The average molecular weight is 416 g/mol. The SMILES string of the molecule is NC(=O)c1ccc(NC(=O)CN2CCC(COCc3ccc(Cl)cc3)CC2)cc1. The molecule has 0 radical (unpaired) electrons. The summed E-state index contributed by atoms with van der Waals surface area (Å²) in [5, 5.41) is 3.59. The number of ether oxygens (including phenoxy) is 1. The summed E-state index contributed by atoms with van der Waals surface area (Å²) in [5.41, 5.74) is 7.41. The van der Waals surface area contributed by atoms with E-state index in [-0.39, 0.29) is 5.91 Å². The van der Waals surface area contributed by atoms with Crippen molar-refractivity contribution in [3.8, 4) is 0 Å². The Morgan fingerprint density at radius 3 is 2.34 bits per heavy atom. The predicted molar refractivity (Wildman–Crippen MR) is 114 cm³/mol. The first-order chi connectivity index (χ1) is 14.0. The van der Waals surface area contributed by atoms with Gasteiger partial charge >= 0.3 is 0 Å². The minimum atomic E-state index is -0.483. The van der Waals surface area contributed by atoms with Gasteiger partial charge in [0.25, 0.3) is 0 Å². The topological polar surface area (TPSA) is 84.7 Å². The third-order valence-corrected chi connectivity index (χ3v) is 5.32. The monoisotopic (exact) mass is 415 g/mol. The molecule has 29 heavy (non-hydrogen) atoms. The second-order valence-corrected chi connectivity index (χ2v) is 7.79. The molecule has 2 amide bonds. The second-order valence-electron chi connectivity index (χ2n) is 7.35. The van der Waals surface area contributed by atoms with E-state index in [9.17, 15) is 9.59 Å². The Hall–Kier alpha value is -2.41. The number of carbonyl (C=O) groups excluding carboxylic acids is 2. The number of primary amides is 1. The third kappa shape index (κ3) is 6.85. The lowest BCUT2D eigenvalue weighted by molar-refractivity contribution is -0.117. The van der Waals surface area contributed by atoms with E-state index in [2.05, 4.69) is 10.2 Å². The molecular weight excluding hydrogens is 390 g/mol. The van der Waals surface area contributed by atoms with E-state index in [0.717, 1.165) is 43.1 Å². The Kier molecular flexibility index (Phi) is 7.63. The molecule has 3 N–H and O–H groups in total. The lowest BCUT2D eigenvalue weighted by Crippen LogP contribution is -2.40. The number of benzene rings is 2. The van der Waals surface area contributed by atoms with Crippen molar-refractivity contribution in [2.45, 2.75) is 19.4 Å². The van der Waals surface area contributed by atoms with E-state index in [1.807, 2.05) is 24.3 Å². The van der Waals surface area contributed by atoms with Crippen molar-refractivity contribution in [3.63, 3.8) is 0 Å². The van der Waals surface area contributed by atoms with Crippen LogP contribution in [0.5, 0.6) is 0 Å². The van der Waals surface area contributed by atoms with Gasteiger partial charge in [-0.15, -0.1) is 0 Å². The van der Waals surface area contributed by atoms with Crippen LogP contribution in [-0.2, 0) is 16.1 Å². The van der Waals surface area contributed by atoms with Crippen molar-refractivity contribution in [1.82, 2.24) is 4.90 Å². The normalized spacial score (nSPS) is 15.2. The van der Waals surface area contributed by atoms with Crippen LogP contribution in [0.2, 0.25) is 5.02 Å². The molecule has 0 spiro atoms. The molecule has 6 nitrogen and oxygen atoms in total. The number of anilines is 1. The Morgan fingerprint density at radius 1 is 1.07 bits per heavy atom. The average Bonchev–Trinajstić information content (AvgIpc) is 2.71. The van der Waals surface area contributed by atoms with Crippen LogP contribution in [-0.4, -0.2) is 43.0 Å². The molecule has 0 aromatic heterocycles. The van der Waals surface area contributed by atoms with Crippen LogP contribution in [0.4, 0.5) is 5.69 Å². The number of nitrogens with two attached hydrogens (primary N) is 1. The highest BCUT2D eigenvalue weighted by molar-refractivity contribution is 6.30. The van der Waals surface area contributed by atoms with Crippen LogP contribution in [0, 0.1) is 5.92 Å². The maximum Gasteiger partial charge on any atom is 0.248 e. The fourth-order valence-corrected chi connectivity index (χ4v) is 3.48. The van der Waals surface area contributed by atoms with E-state index in [0.29, 0.717) is 30.3 Å². The number of nitrogens with one attached hydrogen (secondary N) is 1. The van der Waals surface area contributed by atoms with Gasteiger partial charge in [0.15, 0.2) is 0 Å². The highest BCUT2D eigenvalue weighted by Gasteiger charge is 2.21. The van der Waals surface area contributed by atoms with E-state index in [1.54, 1.807) is 24.3 Å². The van der Waals surface area contributed by atoms with Crippen molar-refractivity contribution in [3.05, 3.63) is 64.7 Å². The first kappa shape index (κ1) is 21.3. The zero-order valence-corrected chi connectivity index (χ0v) is 17.0. The smallest absolute Gasteiger partial charge is 0.248 e. The first-order valence-corrected chi connectivity index (χ1v) is 10.1. The largest absolute Gasteiger partial charge is 0.376 e. The van der Waals surface area contributed by atoms with Gasteiger partial charge in [-0.2, -0.15) is 0 Å². The molecule has 0 aliphatic carbocycles. The fourth-order valence-electron chi connectivity index (χ4n) is 3.36. The van der Waals surface area contributed by atoms with E-state index in [1.165, 1.54) is 0 Å². The lowest BCUT2D eigenvalue weighted by atomic mass is 9.98. The molecule has 1 aliphatic heterocycles. The predicted octanol–water partition coefficient (Wildman–Crippen LogP) is 3.31. The number of hydrogen-bond acceptors (Lipinski definition) is 4. The van der Waals surface area contributed by atoms with E-state index < -0.39 is 5.91 Å². The summed E-state index contributed by atoms with van der Waals surface area (Å²) in [6.45, 7) is 3.44. The number of carbonyl (C=O) groups is 2. The molecular formula is C22H26ClN3O3. The van der Waals surface area contributed by atoms with Crippen LogP contribution >= 0.6 is 11.6 Å². The maximum absolute atomic E-state index is 12.3. The molecule has 2 aromatic rings. The Bertz CT molecular complexity index is 816. The van der Waals surface area contributed by atoms with E-state index >= 15 is 0 Å². The van der Waals surface area contributed by atoms with Gasteiger partial charge in [0.1, 0.15) is 0 Å². The number of nitrogens with zero attached hydrogens (tertiary/aromatic N) is 1. The van der Waals surface area contributed by atoms with Crippen LogP contribution < -0.4 is 11.1 Å². The Balaban J connectivity index is 1.34. The summed E-state index contributed by atoms with van der Waals surface area (Å²) in [4.78, 5) is 25.5. The molecule has 0 saturated carbocycles. The molecule has 3 rings (SSSR count). The minimum Gasteiger partial charge on any atom is -0.376 e. The van der Waals surface area contributed by atoms with Gasteiger partial charge in [0, 0.05) is 22.9 Å². The van der Waals surface area contributed by atoms with Gasteiger partial charge in [-0.1, -0.05) is 23.7 Å². The van der Waals surface area contributed by atoms with Crippen molar-refractivity contribution in [2.24, 2.45) is 11.7 Å². The van der Waals surface area contributed by atoms with E-state index in [4.69, 9.17) is 22.1 Å². The molecule has 1 saturated heterocycles. The molecule has 2 aromatic carbocycles. The second kappa shape index (κ2) is 10.4. The zero-order chi connectivity index (χ0) is 20.6. The van der Waals surface area contributed by atoms with Crippen LogP contribution in [0.25, 0.3) is 0 Å². The van der Waals surface area contributed by atoms with Crippen LogP contribution in [0.1, 0.15) is 28.8 Å². The summed E-state index contributed by atoms with van der Waals surface area (Å²) in [6, 6.07) is 14.3.